The summed E-state index contributed by atoms with van der Waals surface area (Å²) in [5.41, 5.74) is 2.08. The summed E-state index contributed by atoms with van der Waals surface area (Å²) in [4.78, 5) is 20.3. The van der Waals surface area contributed by atoms with Gasteiger partial charge in [-0.1, -0.05) is 11.6 Å². The smallest absolute Gasteiger partial charge is 0.250 e. The molecule has 0 N–H and O–H groups in total. The second-order valence-corrected chi connectivity index (χ2v) is 6.43. The van der Waals surface area contributed by atoms with Crippen LogP contribution in [0.2, 0.25) is 5.15 Å². The Morgan fingerprint density at radius 3 is 2.65 bits per heavy atom. The minimum Gasteiger partial charge on any atom is -0.490 e. The van der Waals surface area contributed by atoms with Crippen molar-refractivity contribution in [1.82, 2.24) is 14.5 Å². The molecule has 0 spiro atoms. The first kappa shape index (κ1) is 18.1. The van der Waals surface area contributed by atoms with Crippen molar-refractivity contribution < 1.29 is 9.13 Å². The summed E-state index contributed by atoms with van der Waals surface area (Å²) in [6.07, 6.45) is 3.09. The normalized spacial score (nSPS) is 11.0. The lowest BCUT2D eigenvalue weighted by Gasteiger charge is -2.15. The van der Waals surface area contributed by atoms with Crippen LogP contribution in [0.15, 0.2) is 47.5 Å². The van der Waals surface area contributed by atoms with Crippen LogP contribution in [0.25, 0.3) is 22.5 Å². The molecule has 0 radical (unpaired) electrons. The Kier molecular flexibility index (Phi) is 5.04. The predicted octanol–water partition coefficient (Wildman–Crippen LogP) is 4.09. The molecule has 134 valence electrons. The number of pyridine rings is 1. The van der Waals surface area contributed by atoms with E-state index in [0.717, 1.165) is 0 Å². The van der Waals surface area contributed by atoms with Gasteiger partial charge in [0.05, 0.1) is 18.0 Å². The van der Waals surface area contributed by atoms with Gasteiger partial charge in [-0.3, -0.25) is 9.78 Å². The molecular weight excluding hydrogens is 357 g/mol. The van der Waals surface area contributed by atoms with Crippen molar-refractivity contribution >= 4 is 11.6 Å². The highest BCUT2D eigenvalue weighted by atomic mass is 35.5. The predicted molar refractivity (Wildman–Crippen MR) is 98.9 cm³/mol. The van der Waals surface area contributed by atoms with Crippen LogP contribution in [0.1, 0.15) is 13.8 Å². The van der Waals surface area contributed by atoms with Gasteiger partial charge in [0.25, 0.3) is 0 Å². The lowest BCUT2D eigenvalue weighted by atomic mass is 10.1. The summed E-state index contributed by atoms with van der Waals surface area (Å²) >= 11 is 6.34. The van der Waals surface area contributed by atoms with E-state index in [2.05, 4.69) is 9.97 Å². The van der Waals surface area contributed by atoms with E-state index >= 15 is 0 Å². The molecule has 0 aliphatic carbocycles. The number of aryl methyl sites for hydroxylation is 1. The fourth-order valence-corrected chi connectivity index (χ4v) is 2.72. The van der Waals surface area contributed by atoms with Gasteiger partial charge in [0.2, 0.25) is 5.56 Å². The molecule has 0 aliphatic rings. The number of halogens is 2. The van der Waals surface area contributed by atoms with Crippen molar-refractivity contribution in [3.8, 4) is 28.3 Å². The van der Waals surface area contributed by atoms with Crippen molar-refractivity contribution in [1.29, 1.82) is 0 Å². The Morgan fingerprint density at radius 2 is 2.00 bits per heavy atom. The molecule has 2 heterocycles. The Balaban J connectivity index is 2.05. The number of benzene rings is 1. The zero-order valence-electron chi connectivity index (χ0n) is 14.5. The zero-order chi connectivity index (χ0) is 18.8. The van der Waals surface area contributed by atoms with Crippen molar-refractivity contribution in [2.24, 2.45) is 7.05 Å². The van der Waals surface area contributed by atoms with Crippen LogP contribution in [0, 0.1) is 5.82 Å². The van der Waals surface area contributed by atoms with Crippen LogP contribution in [0.4, 0.5) is 4.39 Å². The number of hydrogen-bond donors (Lipinski definition) is 0. The van der Waals surface area contributed by atoms with Gasteiger partial charge in [0, 0.05) is 36.5 Å². The maximum atomic E-state index is 13.6. The molecule has 0 aliphatic heterocycles. The minimum atomic E-state index is -0.407. The SMILES string of the molecule is CC(C)Oc1cc(F)ccc1-c1ncc(-c2ccc(=O)n(C)c2)nc1Cl. The topological polar surface area (TPSA) is 57.0 Å². The summed E-state index contributed by atoms with van der Waals surface area (Å²) in [5, 5.41) is 0.163. The molecule has 0 saturated carbocycles. The van der Waals surface area contributed by atoms with E-state index in [1.807, 2.05) is 13.8 Å². The standard InChI is InChI=1S/C19H17ClFN3O2/c1-11(2)26-16-8-13(21)5-6-14(16)18-19(20)23-15(9-22-18)12-4-7-17(25)24(3)10-12/h4-11H,1-3H3. The van der Waals surface area contributed by atoms with Crippen molar-refractivity contribution in [3.05, 3.63) is 64.0 Å². The highest BCUT2D eigenvalue weighted by Crippen LogP contribution is 2.34. The van der Waals surface area contributed by atoms with E-state index in [4.69, 9.17) is 16.3 Å². The zero-order valence-corrected chi connectivity index (χ0v) is 15.3. The number of hydrogen-bond acceptors (Lipinski definition) is 4. The van der Waals surface area contributed by atoms with E-state index < -0.39 is 5.82 Å². The van der Waals surface area contributed by atoms with E-state index in [0.29, 0.717) is 28.3 Å². The molecule has 2 aromatic heterocycles. The van der Waals surface area contributed by atoms with Gasteiger partial charge >= 0.3 is 0 Å². The molecule has 26 heavy (non-hydrogen) atoms. The van der Waals surface area contributed by atoms with Gasteiger partial charge in [-0.25, -0.2) is 9.37 Å². The maximum Gasteiger partial charge on any atom is 0.250 e. The molecule has 0 amide bonds. The molecule has 7 heteroatoms. The first-order valence-electron chi connectivity index (χ1n) is 8.01. The number of rotatable bonds is 4. The Hall–Kier alpha value is -2.73. The molecule has 3 aromatic rings. The van der Waals surface area contributed by atoms with Gasteiger partial charge in [0.1, 0.15) is 17.3 Å². The molecule has 0 fully saturated rings. The number of aromatic nitrogens is 3. The molecule has 3 rings (SSSR count). The fourth-order valence-electron chi connectivity index (χ4n) is 2.47. The van der Waals surface area contributed by atoms with Crippen LogP contribution in [0.3, 0.4) is 0 Å². The second-order valence-electron chi connectivity index (χ2n) is 6.07. The Bertz CT molecular complexity index is 1020. The van der Waals surface area contributed by atoms with Gasteiger partial charge < -0.3 is 9.30 Å². The van der Waals surface area contributed by atoms with E-state index in [9.17, 15) is 9.18 Å². The molecule has 0 bridgehead atoms. The van der Waals surface area contributed by atoms with Crippen LogP contribution in [-0.4, -0.2) is 20.6 Å². The van der Waals surface area contributed by atoms with Crippen molar-refractivity contribution in [2.45, 2.75) is 20.0 Å². The van der Waals surface area contributed by atoms with Gasteiger partial charge in [-0.15, -0.1) is 0 Å². The van der Waals surface area contributed by atoms with Crippen LogP contribution >= 0.6 is 11.6 Å². The Morgan fingerprint density at radius 1 is 1.23 bits per heavy atom. The lowest BCUT2D eigenvalue weighted by molar-refractivity contribution is 0.242. The molecule has 0 saturated heterocycles. The lowest BCUT2D eigenvalue weighted by Crippen LogP contribution is -2.14. The third-order valence-electron chi connectivity index (χ3n) is 3.67. The van der Waals surface area contributed by atoms with Crippen molar-refractivity contribution in [3.63, 3.8) is 0 Å². The largest absolute Gasteiger partial charge is 0.490 e. The third kappa shape index (κ3) is 3.75. The quantitative estimate of drug-likeness (QED) is 0.691. The average molecular weight is 374 g/mol. The first-order chi connectivity index (χ1) is 12.3. The Labute approximate surface area is 155 Å². The highest BCUT2D eigenvalue weighted by Gasteiger charge is 2.16. The minimum absolute atomic E-state index is 0.119. The second kappa shape index (κ2) is 7.25. The van der Waals surface area contributed by atoms with Crippen LogP contribution in [-0.2, 0) is 7.05 Å². The molecule has 1 aromatic carbocycles. The van der Waals surface area contributed by atoms with Gasteiger partial charge in [-0.05, 0) is 32.0 Å². The molecule has 5 nitrogen and oxygen atoms in total. The fraction of sp³-hybridized carbons (Fsp3) is 0.211. The summed E-state index contributed by atoms with van der Waals surface area (Å²) in [6, 6.07) is 7.30. The highest BCUT2D eigenvalue weighted by molar-refractivity contribution is 6.32. The molecular formula is C19H17ClFN3O2. The van der Waals surface area contributed by atoms with E-state index in [1.165, 1.54) is 22.8 Å². The van der Waals surface area contributed by atoms with Gasteiger partial charge in [-0.2, -0.15) is 0 Å². The van der Waals surface area contributed by atoms with Crippen molar-refractivity contribution in [2.75, 3.05) is 0 Å². The molecule has 0 atom stereocenters. The van der Waals surface area contributed by atoms with Crippen LogP contribution < -0.4 is 10.3 Å². The number of ether oxygens (including phenoxy) is 1. The average Bonchev–Trinajstić information content (AvgIpc) is 2.57. The van der Waals surface area contributed by atoms with E-state index in [1.54, 1.807) is 31.6 Å². The molecule has 0 unspecified atom stereocenters. The number of nitrogens with zero attached hydrogens (tertiary/aromatic N) is 3. The van der Waals surface area contributed by atoms with E-state index in [-0.39, 0.29) is 16.8 Å². The summed E-state index contributed by atoms with van der Waals surface area (Å²) in [5.74, 6) is -0.0543. The summed E-state index contributed by atoms with van der Waals surface area (Å²) in [6.45, 7) is 3.70. The van der Waals surface area contributed by atoms with Crippen LogP contribution in [0.5, 0.6) is 5.75 Å². The monoisotopic (exact) mass is 373 g/mol. The maximum absolute atomic E-state index is 13.6. The summed E-state index contributed by atoms with van der Waals surface area (Å²) in [7, 11) is 1.66. The van der Waals surface area contributed by atoms with Gasteiger partial charge in [0.15, 0.2) is 5.15 Å². The third-order valence-corrected chi connectivity index (χ3v) is 3.94. The first-order valence-corrected chi connectivity index (χ1v) is 8.39. The summed E-state index contributed by atoms with van der Waals surface area (Å²) < 4.78 is 20.7.